The number of halogens is 3. The molecule has 1 unspecified atom stereocenters. The van der Waals surface area contributed by atoms with E-state index in [0.29, 0.717) is 13.1 Å². The van der Waals surface area contributed by atoms with Crippen molar-refractivity contribution >= 4 is 0 Å². The molecule has 0 radical (unpaired) electrons. The molecule has 19 heavy (non-hydrogen) atoms. The minimum Gasteiger partial charge on any atom is -0.310 e. The second-order valence-electron chi connectivity index (χ2n) is 6.73. The van der Waals surface area contributed by atoms with E-state index in [1.54, 1.807) is 4.90 Å². The first-order valence-corrected chi connectivity index (χ1v) is 7.09. The van der Waals surface area contributed by atoms with Gasteiger partial charge < -0.3 is 5.32 Å². The number of rotatable bonds is 3. The maximum Gasteiger partial charge on any atom is 0.401 e. The van der Waals surface area contributed by atoms with Gasteiger partial charge >= 0.3 is 6.18 Å². The molecule has 5 heteroatoms. The highest BCUT2D eigenvalue weighted by molar-refractivity contribution is 5.00. The van der Waals surface area contributed by atoms with Crippen molar-refractivity contribution in [3.05, 3.63) is 0 Å². The fourth-order valence-corrected chi connectivity index (χ4v) is 2.88. The van der Waals surface area contributed by atoms with Gasteiger partial charge in [-0.15, -0.1) is 0 Å². The van der Waals surface area contributed by atoms with Gasteiger partial charge in [0.2, 0.25) is 0 Å². The van der Waals surface area contributed by atoms with Gasteiger partial charge in [-0.1, -0.05) is 34.6 Å². The van der Waals surface area contributed by atoms with Crippen LogP contribution >= 0.6 is 0 Å². The van der Waals surface area contributed by atoms with E-state index in [0.717, 1.165) is 12.8 Å². The molecule has 1 saturated heterocycles. The molecule has 0 saturated carbocycles. The SMILES string of the molecule is CCC1(CC)CNC(C(C)(C)C)CN1CC(F)(F)F. The van der Waals surface area contributed by atoms with E-state index in [2.05, 4.69) is 26.1 Å². The smallest absolute Gasteiger partial charge is 0.310 e. The molecule has 1 atom stereocenters. The summed E-state index contributed by atoms with van der Waals surface area (Å²) >= 11 is 0. The molecule has 0 aliphatic carbocycles. The molecule has 2 nitrogen and oxygen atoms in total. The van der Waals surface area contributed by atoms with Crippen LogP contribution in [0.5, 0.6) is 0 Å². The zero-order valence-electron chi connectivity index (χ0n) is 12.7. The molecular weight excluding hydrogens is 253 g/mol. The minimum absolute atomic E-state index is 0.0303. The maximum atomic E-state index is 12.8. The van der Waals surface area contributed by atoms with E-state index in [1.807, 2.05) is 13.8 Å². The van der Waals surface area contributed by atoms with E-state index in [1.165, 1.54) is 0 Å². The van der Waals surface area contributed by atoms with Crippen LogP contribution in [0.15, 0.2) is 0 Å². The normalized spacial score (nSPS) is 25.6. The highest BCUT2D eigenvalue weighted by Crippen LogP contribution is 2.34. The van der Waals surface area contributed by atoms with Crippen LogP contribution in [0.3, 0.4) is 0 Å². The summed E-state index contributed by atoms with van der Waals surface area (Å²) in [7, 11) is 0. The predicted molar refractivity (Wildman–Crippen MR) is 72.2 cm³/mol. The molecule has 0 amide bonds. The first-order chi connectivity index (χ1) is 8.54. The maximum absolute atomic E-state index is 12.8. The third-order valence-corrected chi connectivity index (χ3v) is 4.48. The lowest BCUT2D eigenvalue weighted by Crippen LogP contribution is -2.67. The Morgan fingerprint density at radius 1 is 1.16 bits per heavy atom. The number of hydrogen-bond acceptors (Lipinski definition) is 2. The molecule has 114 valence electrons. The molecule has 1 heterocycles. The first kappa shape index (κ1) is 16.8. The van der Waals surface area contributed by atoms with Gasteiger partial charge in [-0.3, -0.25) is 4.90 Å². The van der Waals surface area contributed by atoms with Gasteiger partial charge in [0.1, 0.15) is 0 Å². The average Bonchev–Trinajstić information content (AvgIpc) is 2.26. The highest BCUT2D eigenvalue weighted by atomic mass is 19.4. The summed E-state index contributed by atoms with van der Waals surface area (Å²) in [6, 6.07) is 0.0982. The van der Waals surface area contributed by atoms with Crippen molar-refractivity contribution in [2.45, 2.75) is 65.2 Å². The Morgan fingerprint density at radius 2 is 1.68 bits per heavy atom. The van der Waals surface area contributed by atoms with Crippen LogP contribution < -0.4 is 5.32 Å². The van der Waals surface area contributed by atoms with Crippen LogP contribution in [0, 0.1) is 5.41 Å². The summed E-state index contributed by atoms with van der Waals surface area (Å²) in [5.74, 6) is 0. The summed E-state index contributed by atoms with van der Waals surface area (Å²) in [6.07, 6.45) is -2.65. The summed E-state index contributed by atoms with van der Waals surface area (Å²) in [4.78, 5) is 1.65. The largest absolute Gasteiger partial charge is 0.401 e. The topological polar surface area (TPSA) is 15.3 Å². The molecule has 0 aromatic heterocycles. The van der Waals surface area contributed by atoms with E-state index in [-0.39, 0.29) is 17.0 Å². The van der Waals surface area contributed by atoms with Gasteiger partial charge in [-0.05, 0) is 18.3 Å². The van der Waals surface area contributed by atoms with Crippen LogP contribution in [-0.2, 0) is 0 Å². The molecule has 1 aliphatic rings. The Morgan fingerprint density at radius 3 is 2.05 bits per heavy atom. The standard InChI is InChI=1S/C14H27F3N2/c1-6-13(7-2)9-18-11(12(3,4)5)8-19(13)10-14(15,16)17/h11,18H,6-10H2,1-5H3. The number of nitrogens with zero attached hydrogens (tertiary/aromatic N) is 1. The third-order valence-electron chi connectivity index (χ3n) is 4.48. The van der Waals surface area contributed by atoms with Crippen LogP contribution in [0.4, 0.5) is 13.2 Å². The molecule has 0 aromatic carbocycles. The zero-order valence-corrected chi connectivity index (χ0v) is 12.7. The lowest BCUT2D eigenvalue weighted by Gasteiger charge is -2.52. The van der Waals surface area contributed by atoms with Gasteiger partial charge in [0.05, 0.1) is 6.54 Å². The summed E-state index contributed by atoms with van der Waals surface area (Å²) in [5.41, 5.74) is -0.394. The lowest BCUT2D eigenvalue weighted by atomic mass is 9.80. The molecule has 0 bridgehead atoms. The summed E-state index contributed by atoms with van der Waals surface area (Å²) in [6.45, 7) is 10.5. The summed E-state index contributed by atoms with van der Waals surface area (Å²) < 4.78 is 38.5. The molecule has 1 rings (SSSR count). The number of nitrogens with one attached hydrogen (secondary N) is 1. The van der Waals surface area contributed by atoms with Crippen molar-refractivity contribution in [1.82, 2.24) is 10.2 Å². The van der Waals surface area contributed by atoms with Gasteiger partial charge in [0.25, 0.3) is 0 Å². The Bertz CT molecular complexity index is 290. The average molecular weight is 280 g/mol. The Hall–Kier alpha value is -0.290. The van der Waals surface area contributed by atoms with Gasteiger partial charge in [0, 0.05) is 24.7 Å². The number of hydrogen-bond donors (Lipinski definition) is 1. The Kier molecular flexibility index (Phi) is 4.94. The van der Waals surface area contributed by atoms with Crippen LogP contribution in [0.25, 0.3) is 0 Å². The van der Waals surface area contributed by atoms with Crippen molar-refractivity contribution in [1.29, 1.82) is 0 Å². The van der Waals surface area contributed by atoms with E-state index < -0.39 is 12.7 Å². The molecule has 1 aliphatic heterocycles. The van der Waals surface area contributed by atoms with E-state index >= 15 is 0 Å². The van der Waals surface area contributed by atoms with Crippen LogP contribution in [0.1, 0.15) is 47.5 Å². The number of piperazine rings is 1. The van der Waals surface area contributed by atoms with Crippen molar-refractivity contribution in [3.63, 3.8) is 0 Å². The third kappa shape index (κ3) is 4.09. The molecule has 0 spiro atoms. The van der Waals surface area contributed by atoms with Gasteiger partial charge in [-0.2, -0.15) is 13.2 Å². The molecule has 1 fully saturated rings. The fourth-order valence-electron chi connectivity index (χ4n) is 2.88. The first-order valence-electron chi connectivity index (χ1n) is 7.09. The lowest BCUT2D eigenvalue weighted by molar-refractivity contribution is -0.167. The Balaban J connectivity index is 2.92. The summed E-state index contributed by atoms with van der Waals surface area (Å²) in [5, 5.41) is 3.46. The van der Waals surface area contributed by atoms with Crippen LogP contribution in [-0.4, -0.2) is 42.3 Å². The number of alkyl halides is 3. The van der Waals surface area contributed by atoms with E-state index in [9.17, 15) is 13.2 Å². The van der Waals surface area contributed by atoms with Gasteiger partial charge in [0.15, 0.2) is 0 Å². The zero-order chi connectivity index (χ0) is 14.9. The minimum atomic E-state index is -4.13. The predicted octanol–water partition coefficient (Wildman–Crippen LogP) is 3.43. The second-order valence-corrected chi connectivity index (χ2v) is 6.73. The van der Waals surface area contributed by atoms with Crippen molar-refractivity contribution in [2.75, 3.05) is 19.6 Å². The quantitative estimate of drug-likeness (QED) is 0.852. The fraction of sp³-hybridized carbons (Fsp3) is 1.00. The molecular formula is C14H27F3N2. The molecule has 1 N–H and O–H groups in total. The molecule has 0 aromatic rings. The van der Waals surface area contributed by atoms with E-state index in [4.69, 9.17) is 0 Å². The monoisotopic (exact) mass is 280 g/mol. The Labute approximate surface area is 114 Å². The van der Waals surface area contributed by atoms with Gasteiger partial charge in [-0.25, -0.2) is 0 Å². The van der Waals surface area contributed by atoms with Crippen molar-refractivity contribution in [3.8, 4) is 0 Å². The highest BCUT2D eigenvalue weighted by Gasteiger charge is 2.45. The van der Waals surface area contributed by atoms with Crippen molar-refractivity contribution in [2.24, 2.45) is 5.41 Å². The van der Waals surface area contributed by atoms with Crippen molar-refractivity contribution < 1.29 is 13.2 Å². The second kappa shape index (κ2) is 5.60. The van der Waals surface area contributed by atoms with Crippen LogP contribution in [0.2, 0.25) is 0 Å².